The third kappa shape index (κ3) is 3.38. The minimum atomic E-state index is -0.532. The van der Waals surface area contributed by atoms with Crippen LogP contribution in [0.15, 0.2) is 65.3 Å². The van der Waals surface area contributed by atoms with Crippen molar-refractivity contribution in [1.82, 2.24) is 9.97 Å². The maximum Gasteiger partial charge on any atom is 0.270 e. The molecule has 0 aliphatic carbocycles. The van der Waals surface area contributed by atoms with Gasteiger partial charge in [0.2, 0.25) is 0 Å². The largest absolute Gasteiger partial charge is 0.507 e. The highest BCUT2D eigenvalue weighted by molar-refractivity contribution is 7.17. The smallest absolute Gasteiger partial charge is 0.270 e. The fourth-order valence-electron chi connectivity index (χ4n) is 2.71. The van der Waals surface area contributed by atoms with Gasteiger partial charge in [0.1, 0.15) is 16.9 Å². The zero-order valence-corrected chi connectivity index (χ0v) is 15.1. The zero-order valence-electron chi connectivity index (χ0n) is 14.3. The van der Waals surface area contributed by atoms with Crippen molar-refractivity contribution < 1.29 is 10.0 Å². The molecule has 0 amide bonds. The van der Waals surface area contributed by atoms with Gasteiger partial charge in [-0.25, -0.2) is 9.97 Å². The molecule has 4 aromatic rings. The highest BCUT2D eigenvalue weighted by Crippen LogP contribution is 2.36. The van der Waals surface area contributed by atoms with Crippen LogP contribution in [0, 0.1) is 10.1 Å². The van der Waals surface area contributed by atoms with Gasteiger partial charge in [0, 0.05) is 28.6 Å². The summed E-state index contributed by atoms with van der Waals surface area (Å²) >= 11 is 1.50. The number of nitro groups is 1. The standard InChI is InChI=1S/C19H13N5O3S/c25-16-7-6-14(24(26)27)8-13(16)9-22-23-18-17-15(12-4-2-1-3-5-12)10-28-19(17)21-11-20-18/h1-11,25H,(H,20,21,23). The van der Waals surface area contributed by atoms with Gasteiger partial charge in [0.05, 0.1) is 16.5 Å². The van der Waals surface area contributed by atoms with Gasteiger partial charge in [-0.3, -0.25) is 15.5 Å². The van der Waals surface area contributed by atoms with Crippen molar-refractivity contribution in [3.8, 4) is 16.9 Å². The van der Waals surface area contributed by atoms with E-state index in [9.17, 15) is 15.2 Å². The summed E-state index contributed by atoms with van der Waals surface area (Å²) in [4.78, 5) is 19.7. The molecule has 2 aromatic heterocycles. The van der Waals surface area contributed by atoms with Crippen molar-refractivity contribution in [2.24, 2.45) is 5.10 Å². The van der Waals surface area contributed by atoms with Crippen molar-refractivity contribution in [2.45, 2.75) is 0 Å². The molecule has 2 aromatic carbocycles. The molecule has 0 spiro atoms. The molecule has 0 fully saturated rings. The van der Waals surface area contributed by atoms with E-state index in [-0.39, 0.29) is 17.0 Å². The Labute approximate surface area is 163 Å². The van der Waals surface area contributed by atoms with Crippen molar-refractivity contribution in [1.29, 1.82) is 0 Å². The van der Waals surface area contributed by atoms with E-state index in [1.54, 1.807) is 0 Å². The van der Waals surface area contributed by atoms with Gasteiger partial charge < -0.3 is 5.11 Å². The van der Waals surface area contributed by atoms with Gasteiger partial charge in [-0.05, 0) is 11.6 Å². The van der Waals surface area contributed by atoms with Crippen LogP contribution in [0.1, 0.15) is 5.56 Å². The molecule has 0 saturated heterocycles. The lowest BCUT2D eigenvalue weighted by atomic mass is 10.1. The maximum atomic E-state index is 10.9. The number of benzene rings is 2. The zero-order chi connectivity index (χ0) is 19.5. The number of phenols is 1. The predicted octanol–water partition coefficient (Wildman–Crippen LogP) is 4.42. The van der Waals surface area contributed by atoms with E-state index < -0.39 is 4.92 Å². The maximum absolute atomic E-state index is 10.9. The Kier molecular flexibility index (Phi) is 4.65. The second-order valence-electron chi connectivity index (χ2n) is 5.79. The van der Waals surface area contributed by atoms with Gasteiger partial charge in [-0.15, -0.1) is 11.3 Å². The molecule has 0 bridgehead atoms. The minimum Gasteiger partial charge on any atom is -0.507 e. The summed E-state index contributed by atoms with van der Waals surface area (Å²) in [5, 5.41) is 27.7. The lowest BCUT2D eigenvalue weighted by Crippen LogP contribution is -1.96. The first kappa shape index (κ1) is 17.6. The Balaban J connectivity index is 1.68. The van der Waals surface area contributed by atoms with E-state index >= 15 is 0 Å². The van der Waals surface area contributed by atoms with E-state index in [1.165, 1.54) is 42.1 Å². The Morgan fingerprint density at radius 3 is 2.79 bits per heavy atom. The fraction of sp³-hybridized carbons (Fsp3) is 0. The quantitative estimate of drug-likeness (QED) is 0.296. The molecule has 0 aliphatic rings. The predicted molar refractivity (Wildman–Crippen MR) is 109 cm³/mol. The summed E-state index contributed by atoms with van der Waals surface area (Å²) in [7, 11) is 0. The first-order valence-corrected chi connectivity index (χ1v) is 9.05. The number of thiophene rings is 1. The van der Waals surface area contributed by atoms with Crippen LogP contribution in [0.4, 0.5) is 11.5 Å². The number of non-ortho nitro benzene ring substituents is 1. The van der Waals surface area contributed by atoms with Crippen LogP contribution in [0.2, 0.25) is 0 Å². The summed E-state index contributed by atoms with van der Waals surface area (Å²) in [6.07, 6.45) is 2.75. The minimum absolute atomic E-state index is 0.107. The number of fused-ring (bicyclic) bond motifs is 1. The average Bonchev–Trinajstić information content (AvgIpc) is 3.15. The highest BCUT2D eigenvalue weighted by Gasteiger charge is 2.13. The molecule has 28 heavy (non-hydrogen) atoms. The lowest BCUT2D eigenvalue weighted by molar-refractivity contribution is -0.384. The number of hydrazone groups is 1. The monoisotopic (exact) mass is 391 g/mol. The molecule has 2 N–H and O–H groups in total. The number of aromatic nitrogens is 2. The average molecular weight is 391 g/mol. The van der Waals surface area contributed by atoms with Gasteiger partial charge >= 0.3 is 0 Å². The van der Waals surface area contributed by atoms with Crippen LogP contribution in [0.3, 0.4) is 0 Å². The van der Waals surface area contributed by atoms with Crippen LogP contribution in [0.25, 0.3) is 21.3 Å². The van der Waals surface area contributed by atoms with Gasteiger partial charge in [-0.1, -0.05) is 30.3 Å². The second kappa shape index (κ2) is 7.41. The van der Waals surface area contributed by atoms with E-state index in [1.807, 2.05) is 35.7 Å². The van der Waals surface area contributed by atoms with Crippen molar-refractivity contribution in [3.05, 3.63) is 75.9 Å². The van der Waals surface area contributed by atoms with E-state index in [0.29, 0.717) is 5.82 Å². The molecule has 0 radical (unpaired) electrons. The molecule has 2 heterocycles. The summed E-state index contributed by atoms with van der Waals surface area (Å²) in [6, 6.07) is 13.6. The Morgan fingerprint density at radius 2 is 2.00 bits per heavy atom. The van der Waals surface area contributed by atoms with Crippen molar-refractivity contribution >= 4 is 39.3 Å². The Hall–Kier alpha value is -3.85. The first-order valence-electron chi connectivity index (χ1n) is 8.17. The van der Waals surface area contributed by atoms with Gasteiger partial charge in [-0.2, -0.15) is 5.10 Å². The Bertz CT molecular complexity index is 1190. The van der Waals surface area contributed by atoms with Gasteiger partial charge in [0.15, 0.2) is 5.82 Å². The molecular weight excluding hydrogens is 378 g/mol. The molecule has 0 aliphatic heterocycles. The summed E-state index contributed by atoms with van der Waals surface area (Å²) in [5.41, 5.74) is 4.96. The molecule has 138 valence electrons. The number of nitrogens with zero attached hydrogens (tertiary/aromatic N) is 4. The molecule has 4 rings (SSSR count). The third-order valence-corrected chi connectivity index (χ3v) is 4.94. The third-order valence-electron chi connectivity index (χ3n) is 4.05. The molecule has 0 unspecified atom stereocenters. The number of rotatable bonds is 5. The summed E-state index contributed by atoms with van der Waals surface area (Å²) in [5.74, 6) is 0.399. The highest BCUT2D eigenvalue weighted by atomic mass is 32.1. The van der Waals surface area contributed by atoms with Crippen LogP contribution in [-0.4, -0.2) is 26.2 Å². The van der Waals surface area contributed by atoms with Crippen LogP contribution in [0.5, 0.6) is 5.75 Å². The van der Waals surface area contributed by atoms with Crippen LogP contribution < -0.4 is 5.43 Å². The molecule has 9 heteroatoms. The van der Waals surface area contributed by atoms with Crippen molar-refractivity contribution in [3.63, 3.8) is 0 Å². The van der Waals surface area contributed by atoms with E-state index in [0.717, 1.165) is 21.3 Å². The number of hydrogen-bond acceptors (Lipinski definition) is 8. The number of phenolic OH excluding ortho intramolecular Hbond substituents is 1. The van der Waals surface area contributed by atoms with E-state index in [2.05, 4.69) is 20.5 Å². The van der Waals surface area contributed by atoms with Gasteiger partial charge in [0.25, 0.3) is 5.69 Å². The molecular formula is C19H13N5O3S. The summed E-state index contributed by atoms with van der Waals surface area (Å²) < 4.78 is 0. The number of nitro benzene ring substituents is 1. The SMILES string of the molecule is O=[N+]([O-])c1ccc(O)c(C=NNc2ncnc3scc(-c4ccccc4)c23)c1. The molecule has 8 nitrogen and oxygen atoms in total. The second-order valence-corrected chi connectivity index (χ2v) is 6.65. The lowest BCUT2D eigenvalue weighted by Gasteiger charge is -2.05. The number of nitrogens with one attached hydrogen (secondary N) is 1. The van der Waals surface area contributed by atoms with E-state index in [4.69, 9.17) is 0 Å². The molecule has 0 atom stereocenters. The molecule has 0 saturated carbocycles. The van der Waals surface area contributed by atoms with Crippen LogP contribution in [-0.2, 0) is 0 Å². The van der Waals surface area contributed by atoms with Crippen LogP contribution >= 0.6 is 11.3 Å². The number of aromatic hydroxyl groups is 1. The number of hydrogen-bond donors (Lipinski definition) is 2. The summed E-state index contributed by atoms with van der Waals surface area (Å²) in [6.45, 7) is 0. The fourth-order valence-corrected chi connectivity index (χ4v) is 3.63. The number of anilines is 1. The first-order chi connectivity index (χ1) is 13.6. The van der Waals surface area contributed by atoms with Crippen molar-refractivity contribution in [2.75, 3.05) is 5.43 Å². The topological polar surface area (TPSA) is 114 Å². The Morgan fingerprint density at radius 1 is 1.18 bits per heavy atom. The normalized spacial score (nSPS) is 11.1.